The molecule has 1 aliphatic heterocycles. The van der Waals surface area contributed by atoms with Crippen molar-refractivity contribution in [3.63, 3.8) is 0 Å². The highest BCUT2D eigenvalue weighted by molar-refractivity contribution is 7.89. The highest BCUT2D eigenvalue weighted by atomic mass is 35.5. The summed E-state index contributed by atoms with van der Waals surface area (Å²) in [6, 6.07) is 0.198. The fourth-order valence-corrected chi connectivity index (χ4v) is 3.86. The van der Waals surface area contributed by atoms with E-state index in [9.17, 15) is 8.42 Å². The van der Waals surface area contributed by atoms with Crippen molar-refractivity contribution in [1.29, 1.82) is 0 Å². The highest BCUT2D eigenvalue weighted by Crippen LogP contribution is 2.15. The quantitative estimate of drug-likeness (QED) is 0.815. The Morgan fingerprint density at radius 3 is 2.59 bits per heavy atom. The van der Waals surface area contributed by atoms with Gasteiger partial charge in [-0.2, -0.15) is 4.31 Å². The molecule has 1 rings (SSSR count). The molecule has 104 valence electrons. The van der Waals surface area contributed by atoms with Gasteiger partial charge in [0.15, 0.2) is 0 Å². The number of hydrogen-bond acceptors (Lipinski definition) is 4. The SMILES string of the molecule is COC(C)CS(=O)(=O)N1CCNC(C)C1C.Cl. The van der Waals surface area contributed by atoms with Crippen molar-refractivity contribution < 1.29 is 13.2 Å². The van der Waals surface area contributed by atoms with Gasteiger partial charge >= 0.3 is 0 Å². The van der Waals surface area contributed by atoms with E-state index < -0.39 is 10.0 Å². The molecule has 5 nitrogen and oxygen atoms in total. The van der Waals surface area contributed by atoms with Gasteiger partial charge in [-0.15, -0.1) is 12.4 Å². The van der Waals surface area contributed by atoms with Gasteiger partial charge < -0.3 is 10.1 Å². The molecule has 0 spiro atoms. The van der Waals surface area contributed by atoms with Gasteiger partial charge in [0, 0.05) is 32.3 Å². The molecule has 0 aliphatic carbocycles. The van der Waals surface area contributed by atoms with Gasteiger partial charge in [-0.1, -0.05) is 0 Å². The van der Waals surface area contributed by atoms with Crippen LogP contribution >= 0.6 is 12.4 Å². The second-order valence-corrected chi connectivity index (χ2v) is 6.39. The second-order valence-electron chi connectivity index (χ2n) is 4.42. The van der Waals surface area contributed by atoms with E-state index in [-0.39, 0.29) is 36.3 Å². The summed E-state index contributed by atoms with van der Waals surface area (Å²) in [5.74, 6) is 0.0561. The first-order valence-corrected chi connectivity index (χ1v) is 7.25. The van der Waals surface area contributed by atoms with Crippen molar-refractivity contribution in [3.05, 3.63) is 0 Å². The number of halogens is 1. The molecule has 3 atom stereocenters. The maximum absolute atomic E-state index is 12.1. The fraction of sp³-hybridized carbons (Fsp3) is 1.00. The van der Waals surface area contributed by atoms with Crippen molar-refractivity contribution >= 4 is 22.4 Å². The Morgan fingerprint density at radius 1 is 1.47 bits per heavy atom. The lowest BCUT2D eigenvalue weighted by molar-refractivity contribution is 0.133. The number of ether oxygens (including phenoxy) is 1. The number of piperazine rings is 1. The van der Waals surface area contributed by atoms with Crippen LogP contribution in [-0.2, 0) is 14.8 Å². The summed E-state index contributed by atoms with van der Waals surface area (Å²) >= 11 is 0. The van der Waals surface area contributed by atoms with Gasteiger partial charge in [-0.25, -0.2) is 8.42 Å². The maximum atomic E-state index is 12.1. The van der Waals surface area contributed by atoms with Crippen LogP contribution < -0.4 is 5.32 Å². The summed E-state index contributed by atoms with van der Waals surface area (Å²) in [4.78, 5) is 0. The molecule has 0 saturated carbocycles. The van der Waals surface area contributed by atoms with Crippen molar-refractivity contribution in [2.45, 2.75) is 39.0 Å². The van der Waals surface area contributed by atoms with E-state index in [4.69, 9.17) is 4.74 Å². The molecule has 1 fully saturated rings. The van der Waals surface area contributed by atoms with Gasteiger partial charge in [0.25, 0.3) is 0 Å². The predicted octanol–water partition coefficient (Wildman–Crippen LogP) is 0.455. The average Bonchev–Trinajstić information content (AvgIpc) is 2.21. The van der Waals surface area contributed by atoms with Gasteiger partial charge in [-0.05, 0) is 20.8 Å². The van der Waals surface area contributed by atoms with E-state index in [0.29, 0.717) is 13.1 Å². The average molecular weight is 287 g/mol. The zero-order chi connectivity index (χ0) is 12.3. The van der Waals surface area contributed by atoms with E-state index in [2.05, 4.69) is 5.32 Å². The van der Waals surface area contributed by atoms with E-state index in [1.54, 1.807) is 11.2 Å². The zero-order valence-electron chi connectivity index (χ0n) is 10.8. The first-order chi connectivity index (χ1) is 7.38. The third kappa shape index (κ3) is 4.37. The van der Waals surface area contributed by atoms with E-state index >= 15 is 0 Å². The third-order valence-electron chi connectivity index (χ3n) is 3.18. The minimum absolute atomic E-state index is 0. The molecule has 0 aromatic rings. The molecular weight excluding hydrogens is 264 g/mol. The van der Waals surface area contributed by atoms with Crippen LogP contribution in [0.15, 0.2) is 0 Å². The van der Waals surface area contributed by atoms with Gasteiger partial charge in [0.05, 0.1) is 11.9 Å². The second kappa shape index (κ2) is 6.89. The lowest BCUT2D eigenvalue weighted by atomic mass is 10.1. The van der Waals surface area contributed by atoms with Crippen molar-refractivity contribution in [1.82, 2.24) is 9.62 Å². The molecule has 1 heterocycles. The Hall–Kier alpha value is 0.120. The van der Waals surface area contributed by atoms with Crippen LogP contribution in [0.25, 0.3) is 0 Å². The number of rotatable bonds is 4. The number of sulfonamides is 1. The monoisotopic (exact) mass is 286 g/mol. The molecule has 1 N–H and O–H groups in total. The van der Waals surface area contributed by atoms with Crippen LogP contribution in [-0.4, -0.2) is 56.9 Å². The van der Waals surface area contributed by atoms with Crippen LogP contribution in [0, 0.1) is 0 Å². The fourth-order valence-electron chi connectivity index (χ4n) is 1.88. The summed E-state index contributed by atoms with van der Waals surface area (Å²) in [5.41, 5.74) is 0. The van der Waals surface area contributed by atoms with Gasteiger partial charge in [-0.3, -0.25) is 0 Å². The van der Waals surface area contributed by atoms with Crippen LogP contribution in [0.2, 0.25) is 0 Å². The summed E-state index contributed by atoms with van der Waals surface area (Å²) < 4.78 is 30.9. The highest BCUT2D eigenvalue weighted by Gasteiger charge is 2.33. The summed E-state index contributed by atoms with van der Waals surface area (Å²) in [6.45, 7) is 6.97. The summed E-state index contributed by atoms with van der Waals surface area (Å²) in [6.07, 6.45) is -0.262. The summed E-state index contributed by atoms with van der Waals surface area (Å²) in [7, 11) is -1.68. The molecule has 7 heteroatoms. The van der Waals surface area contributed by atoms with E-state index in [1.165, 1.54) is 7.11 Å². The van der Waals surface area contributed by atoms with Gasteiger partial charge in [0.2, 0.25) is 10.0 Å². The number of nitrogens with zero attached hydrogens (tertiary/aromatic N) is 1. The predicted molar refractivity (Wildman–Crippen MR) is 71.1 cm³/mol. The number of hydrogen-bond donors (Lipinski definition) is 1. The third-order valence-corrected chi connectivity index (χ3v) is 5.30. The van der Waals surface area contributed by atoms with Crippen molar-refractivity contribution in [3.8, 4) is 0 Å². The molecule has 0 amide bonds. The molecule has 3 unspecified atom stereocenters. The Bertz CT molecular complexity index is 324. The van der Waals surface area contributed by atoms with E-state index in [1.807, 2.05) is 13.8 Å². The Balaban J connectivity index is 0.00000256. The maximum Gasteiger partial charge on any atom is 0.216 e. The first-order valence-electron chi connectivity index (χ1n) is 5.64. The van der Waals surface area contributed by atoms with Crippen LogP contribution in [0.5, 0.6) is 0 Å². The molecule has 1 saturated heterocycles. The van der Waals surface area contributed by atoms with Crippen LogP contribution in [0.1, 0.15) is 20.8 Å². The molecule has 0 bridgehead atoms. The zero-order valence-corrected chi connectivity index (χ0v) is 12.5. The molecule has 17 heavy (non-hydrogen) atoms. The topological polar surface area (TPSA) is 58.6 Å². The van der Waals surface area contributed by atoms with Gasteiger partial charge in [0.1, 0.15) is 0 Å². The normalized spacial score (nSPS) is 28.5. The molecular formula is C10H23ClN2O3S. The van der Waals surface area contributed by atoms with Crippen molar-refractivity contribution in [2.75, 3.05) is 26.0 Å². The van der Waals surface area contributed by atoms with Crippen LogP contribution in [0.3, 0.4) is 0 Å². The molecule has 0 radical (unpaired) electrons. The molecule has 0 aromatic heterocycles. The largest absolute Gasteiger partial charge is 0.381 e. The smallest absolute Gasteiger partial charge is 0.216 e. The number of nitrogens with one attached hydrogen (secondary N) is 1. The standard InChI is InChI=1S/C10H22N2O3S.ClH/c1-8(15-4)7-16(13,14)12-6-5-11-9(2)10(12)3;/h8-11H,5-7H2,1-4H3;1H. The van der Waals surface area contributed by atoms with Crippen molar-refractivity contribution in [2.24, 2.45) is 0 Å². The van der Waals surface area contributed by atoms with E-state index in [0.717, 1.165) is 0 Å². The Kier molecular flexibility index (Phi) is 6.94. The lowest BCUT2D eigenvalue weighted by Gasteiger charge is -2.37. The molecule has 1 aliphatic rings. The lowest BCUT2D eigenvalue weighted by Crippen LogP contribution is -2.58. The minimum atomic E-state index is -3.21. The van der Waals surface area contributed by atoms with Crippen LogP contribution in [0.4, 0.5) is 0 Å². The summed E-state index contributed by atoms with van der Waals surface area (Å²) in [5, 5.41) is 3.26. The molecule has 0 aromatic carbocycles. The first kappa shape index (κ1) is 17.1. The Labute approximate surface area is 110 Å². The number of methoxy groups -OCH3 is 1. The minimum Gasteiger partial charge on any atom is -0.381 e. The Morgan fingerprint density at radius 2 is 2.06 bits per heavy atom.